The second-order valence-electron chi connectivity index (χ2n) is 2.40. The van der Waals surface area contributed by atoms with E-state index in [9.17, 15) is 18.0 Å². The lowest BCUT2D eigenvalue weighted by Crippen LogP contribution is -2.22. The molecular formula is C7H8ClF3N2O. The predicted octanol–water partition coefficient (Wildman–Crippen LogP) is 1.27. The highest BCUT2D eigenvalue weighted by Gasteiger charge is 2.33. The molecule has 1 heterocycles. The molecule has 0 aliphatic rings. The standard InChI is InChI=1S/C7H7F3N2O.ClH/c8-7(9,10)5-1-2-12-6(13)4(5)3-11;/h1-2H,3,11H2,(H,12,13);1H. The van der Waals surface area contributed by atoms with Crippen LogP contribution < -0.4 is 11.3 Å². The van der Waals surface area contributed by atoms with E-state index in [1.54, 1.807) is 0 Å². The van der Waals surface area contributed by atoms with Gasteiger partial charge in [0.15, 0.2) is 0 Å². The van der Waals surface area contributed by atoms with Gasteiger partial charge in [-0.15, -0.1) is 12.4 Å². The minimum absolute atomic E-state index is 0. The summed E-state index contributed by atoms with van der Waals surface area (Å²) in [5.41, 5.74) is 2.83. The molecule has 1 aromatic heterocycles. The van der Waals surface area contributed by atoms with Crippen LogP contribution in [0.15, 0.2) is 17.1 Å². The van der Waals surface area contributed by atoms with Gasteiger partial charge in [0.25, 0.3) is 5.56 Å². The van der Waals surface area contributed by atoms with Gasteiger partial charge in [0.2, 0.25) is 0 Å². The van der Waals surface area contributed by atoms with Crippen molar-refractivity contribution in [1.82, 2.24) is 4.98 Å². The van der Waals surface area contributed by atoms with Gasteiger partial charge in [-0.25, -0.2) is 0 Å². The highest BCUT2D eigenvalue weighted by atomic mass is 35.5. The van der Waals surface area contributed by atoms with Gasteiger partial charge in [0, 0.05) is 18.3 Å². The van der Waals surface area contributed by atoms with Crippen molar-refractivity contribution < 1.29 is 13.2 Å². The number of rotatable bonds is 1. The fraction of sp³-hybridized carbons (Fsp3) is 0.286. The summed E-state index contributed by atoms with van der Waals surface area (Å²) < 4.78 is 36.6. The molecule has 0 bridgehead atoms. The Bertz CT molecular complexity index is 361. The fourth-order valence-electron chi connectivity index (χ4n) is 0.979. The third kappa shape index (κ3) is 2.49. The highest BCUT2D eigenvalue weighted by Crippen LogP contribution is 2.29. The van der Waals surface area contributed by atoms with Crippen LogP contribution in [0.5, 0.6) is 0 Å². The molecule has 0 aliphatic carbocycles. The van der Waals surface area contributed by atoms with Crippen LogP contribution in [-0.2, 0) is 12.7 Å². The Morgan fingerprint density at radius 1 is 1.43 bits per heavy atom. The Balaban J connectivity index is 0.00000169. The van der Waals surface area contributed by atoms with E-state index in [1.165, 1.54) is 0 Å². The predicted molar refractivity (Wildman–Crippen MR) is 47.2 cm³/mol. The molecule has 1 aromatic rings. The Morgan fingerprint density at radius 2 is 2.00 bits per heavy atom. The molecule has 0 amide bonds. The molecule has 0 fully saturated rings. The first kappa shape index (κ1) is 13.0. The smallest absolute Gasteiger partial charge is 0.329 e. The number of alkyl halides is 3. The molecule has 0 aliphatic heterocycles. The van der Waals surface area contributed by atoms with E-state index >= 15 is 0 Å². The van der Waals surface area contributed by atoms with Gasteiger partial charge in [-0.3, -0.25) is 4.79 Å². The van der Waals surface area contributed by atoms with Crippen molar-refractivity contribution >= 4 is 12.4 Å². The first-order chi connectivity index (χ1) is 5.96. The van der Waals surface area contributed by atoms with Crippen molar-refractivity contribution in [2.75, 3.05) is 0 Å². The SMILES string of the molecule is Cl.NCc1c(C(F)(F)F)cc[nH]c1=O. The summed E-state index contributed by atoms with van der Waals surface area (Å²) in [7, 11) is 0. The van der Waals surface area contributed by atoms with Crippen molar-refractivity contribution in [2.45, 2.75) is 12.7 Å². The summed E-state index contributed by atoms with van der Waals surface area (Å²) in [5, 5.41) is 0. The first-order valence-corrected chi connectivity index (χ1v) is 3.44. The molecule has 0 radical (unpaired) electrons. The maximum Gasteiger partial charge on any atom is 0.416 e. The summed E-state index contributed by atoms with van der Waals surface area (Å²) in [5.74, 6) is 0. The summed E-state index contributed by atoms with van der Waals surface area (Å²) in [6.07, 6.45) is -3.58. The van der Waals surface area contributed by atoms with E-state index < -0.39 is 29.4 Å². The van der Waals surface area contributed by atoms with E-state index in [2.05, 4.69) is 4.98 Å². The average molecular weight is 229 g/mol. The third-order valence-corrected chi connectivity index (χ3v) is 1.57. The molecular weight excluding hydrogens is 221 g/mol. The maximum atomic E-state index is 12.2. The minimum Gasteiger partial charge on any atom is -0.329 e. The lowest BCUT2D eigenvalue weighted by atomic mass is 10.1. The topological polar surface area (TPSA) is 58.9 Å². The Labute approximate surface area is 83.5 Å². The maximum absolute atomic E-state index is 12.2. The van der Waals surface area contributed by atoms with Crippen LogP contribution in [0.2, 0.25) is 0 Å². The zero-order chi connectivity index (χ0) is 10.1. The molecule has 3 N–H and O–H groups in total. The van der Waals surface area contributed by atoms with E-state index in [0.717, 1.165) is 12.3 Å². The molecule has 0 atom stereocenters. The van der Waals surface area contributed by atoms with Gasteiger partial charge < -0.3 is 10.7 Å². The molecule has 0 saturated heterocycles. The number of nitrogens with one attached hydrogen (secondary N) is 1. The van der Waals surface area contributed by atoms with Crippen molar-refractivity contribution in [3.63, 3.8) is 0 Å². The summed E-state index contributed by atoms with van der Waals surface area (Å²) >= 11 is 0. The molecule has 14 heavy (non-hydrogen) atoms. The lowest BCUT2D eigenvalue weighted by molar-refractivity contribution is -0.138. The Kier molecular flexibility index (Phi) is 4.15. The zero-order valence-corrected chi connectivity index (χ0v) is 7.71. The van der Waals surface area contributed by atoms with Crippen LogP contribution in [0.25, 0.3) is 0 Å². The molecule has 0 aromatic carbocycles. The second kappa shape index (κ2) is 4.47. The summed E-state index contributed by atoms with van der Waals surface area (Å²) in [6.45, 7) is -0.426. The molecule has 0 unspecified atom stereocenters. The molecule has 1 rings (SSSR count). The quantitative estimate of drug-likeness (QED) is 0.761. The largest absolute Gasteiger partial charge is 0.416 e. The minimum atomic E-state index is -4.52. The van der Waals surface area contributed by atoms with Gasteiger partial charge in [-0.05, 0) is 6.07 Å². The van der Waals surface area contributed by atoms with Gasteiger partial charge in [0.05, 0.1) is 5.56 Å². The van der Waals surface area contributed by atoms with E-state index in [1.807, 2.05) is 0 Å². The van der Waals surface area contributed by atoms with Crippen LogP contribution in [0.4, 0.5) is 13.2 Å². The molecule has 7 heteroatoms. The summed E-state index contributed by atoms with van der Waals surface area (Å²) in [4.78, 5) is 13.0. The summed E-state index contributed by atoms with van der Waals surface area (Å²) in [6, 6.07) is 0.795. The first-order valence-electron chi connectivity index (χ1n) is 3.44. The van der Waals surface area contributed by atoms with E-state index in [4.69, 9.17) is 5.73 Å². The van der Waals surface area contributed by atoms with Crippen molar-refractivity contribution in [1.29, 1.82) is 0 Å². The van der Waals surface area contributed by atoms with Gasteiger partial charge in [-0.2, -0.15) is 13.2 Å². The number of H-pyrrole nitrogens is 1. The Hall–Kier alpha value is -1.01. The van der Waals surface area contributed by atoms with Gasteiger partial charge >= 0.3 is 6.18 Å². The highest BCUT2D eigenvalue weighted by molar-refractivity contribution is 5.85. The number of halogens is 4. The van der Waals surface area contributed by atoms with Crippen LogP contribution in [0, 0.1) is 0 Å². The molecule has 80 valence electrons. The third-order valence-electron chi connectivity index (χ3n) is 1.57. The fourth-order valence-corrected chi connectivity index (χ4v) is 0.979. The van der Waals surface area contributed by atoms with Crippen molar-refractivity contribution in [2.24, 2.45) is 5.73 Å². The number of aromatic nitrogens is 1. The van der Waals surface area contributed by atoms with E-state index in [0.29, 0.717) is 0 Å². The monoisotopic (exact) mass is 228 g/mol. The normalized spacial score (nSPS) is 10.9. The molecule has 0 saturated carbocycles. The lowest BCUT2D eigenvalue weighted by Gasteiger charge is -2.09. The van der Waals surface area contributed by atoms with Crippen molar-refractivity contribution in [3.05, 3.63) is 33.7 Å². The van der Waals surface area contributed by atoms with Crippen molar-refractivity contribution in [3.8, 4) is 0 Å². The molecule has 0 spiro atoms. The average Bonchev–Trinajstić information content (AvgIpc) is 2.02. The number of hydrogen-bond donors (Lipinski definition) is 2. The van der Waals surface area contributed by atoms with Crippen LogP contribution in [-0.4, -0.2) is 4.98 Å². The second-order valence-corrected chi connectivity index (χ2v) is 2.40. The number of nitrogens with two attached hydrogens (primary N) is 1. The molecule has 3 nitrogen and oxygen atoms in total. The van der Waals surface area contributed by atoms with E-state index in [-0.39, 0.29) is 12.4 Å². The van der Waals surface area contributed by atoms with Crippen LogP contribution >= 0.6 is 12.4 Å². The van der Waals surface area contributed by atoms with Gasteiger partial charge in [-0.1, -0.05) is 0 Å². The van der Waals surface area contributed by atoms with Crippen LogP contribution in [0.3, 0.4) is 0 Å². The number of aromatic amines is 1. The number of pyridine rings is 1. The van der Waals surface area contributed by atoms with Gasteiger partial charge in [0.1, 0.15) is 0 Å². The van der Waals surface area contributed by atoms with Crippen LogP contribution in [0.1, 0.15) is 11.1 Å². The zero-order valence-electron chi connectivity index (χ0n) is 6.89. The Morgan fingerprint density at radius 3 is 2.36 bits per heavy atom. The number of hydrogen-bond acceptors (Lipinski definition) is 2.